The summed E-state index contributed by atoms with van der Waals surface area (Å²) in [5, 5.41) is 3.53. The lowest BCUT2D eigenvalue weighted by molar-refractivity contribution is -0.0431. The van der Waals surface area contributed by atoms with Gasteiger partial charge in [0.1, 0.15) is 0 Å². The molecular formula is C17H26N2O2. The van der Waals surface area contributed by atoms with Crippen LogP contribution in [0.1, 0.15) is 46.2 Å². The van der Waals surface area contributed by atoms with Gasteiger partial charge in [0.05, 0.1) is 0 Å². The second kappa shape index (κ2) is 5.18. The highest BCUT2D eigenvalue weighted by Crippen LogP contribution is 2.41. The molecule has 3 rings (SSSR count). The molecule has 4 heteroatoms. The van der Waals surface area contributed by atoms with E-state index in [0.29, 0.717) is 18.1 Å². The molecule has 1 saturated heterocycles. The number of nitrogens with zero attached hydrogens (tertiary/aromatic N) is 1. The molecule has 0 aliphatic carbocycles. The van der Waals surface area contributed by atoms with Crippen LogP contribution < -0.4 is 14.8 Å². The van der Waals surface area contributed by atoms with Gasteiger partial charge in [-0.15, -0.1) is 0 Å². The van der Waals surface area contributed by atoms with Crippen LogP contribution in [-0.2, 0) is 0 Å². The first kappa shape index (κ1) is 14.7. The molecule has 3 atom stereocenters. The van der Waals surface area contributed by atoms with Crippen LogP contribution in [0.15, 0.2) is 18.2 Å². The van der Waals surface area contributed by atoms with E-state index in [9.17, 15) is 0 Å². The Morgan fingerprint density at radius 2 is 1.95 bits per heavy atom. The third-order valence-electron chi connectivity index (χ3n) is 4.47. The van der Waals surface area contributed by atoms with Crippen molar-refractivity contribution < 1.29 is 9.47 Å². The molecule has 1 aromatic rings. The van der Waals surface area contributed by atoms with Crippen LogP contribution in [0, 0.1) is 0 Å². The molecule has 0 saturated carbocycles. The van der Waals surface area contributed by atoms with E-state index in [1.54, 1.807) is 0 Å². The quantitative estimate of drug-likeness (QED) is 0.908. The Morgan fingerprint density at radius 1 is 1.24 bits per heavy atom. The number of fused-ring (bicyclic) bond motifs is 1. The first-order valence-corrected chi connectivity index (χ1v) is 7.87. The van der Waals surface area contributed by atoms with Crippen LogP contribution in [0.4, 0.5) is 0 Å². The maximum absolute atomic E-state index is 5.87. The van der Waals surface area contributed by atoms with Gasteiger partial charge >= 0.3 is 0 Å². The average Bonchev–Trinajstić information content (AvgIpc) is 2.73. The monoisotopic (exact) mass is 290 g/mol. The second-order valence-corrected chi connectivity index (χ2v) is 6.84. The molecule has 116 valence electrons. The van der Waals surface area contributed by atoms with Gasteiger partial charge in [-0.3, -0.25) is 4.90 Å². The smallest absolute Gasteiger partial charge is 0.246 e. The van der Waals surface area contributed by atoms with Crippen LogP contribution in [0.25, 0.3) is 0 Å². The normalized spacial score (nSPS) is 29.4. The Bertz CT molecular complexity index is 530. The summed E-state index contributed by atoms with van der Waals surface area (Å²) in [7, 11) is 0. The standard InChI is InChI=1S/C17H26N2O2/c1-11-10-19(12(2)9-18-11)13(3)14-6-7-15-16(8-14)21-17(4,5)20-15/h6-8,11-13,18H,9-10H2,1-5H3/t11-,12+,13?/m0/s1. The minimum Gasteiger partial charge on any atom is -0.449 e. The Morgan fingerprint density at radius 3 is 2.71 bits per heavy atom. The molecule has 0 aromatic heterocycles. The molecule has 1 unspecified atom stereocenters. The van der Waals surface area contributed by atoms with E-state index in [1.807, 2.05) is 19.9 Å². The molecule has 21 heavy (non-hydrogen) atoms. The summed E-state index contributed by atoms with van der Waals surface area (Å²) < 4.78 is 11.6. The van der Waals surface area contributed by atoms with Crippen molar-refractivity contribution in [3.05, 3.63) is 23.8 Å². The van der Waals surface area contributed by atoms with E-state index in [1.165, 1.54) is 5.56 Å². The van der Waals surface area contributed by atoms with E-state index >= 15 is 0 Å². The van der Waals surface area contributed by atoms with Crippen molar-refractivity contribution >= 4 is 0 Å². The molecule has 1 N–H and O–H groups in total. The lowest BCUT2D eigenvalue weighted by atomic mass is 10.0. The van der Waals surface area contributed by atoms with Crippen molar-refractivity contribution in [3.63, 3.8) is 0 Å². The second-order valence-electron chi connectivity index (χ2n) is 6.84. The molecule has 1 aromatic carbocycles. The summed E-state index contributed by atoms with van der Waals surface area (Å²) in [6, 6.07) is 7.78. The molecule has 0 spiro atoms. The molecule has 2 heterocycles. The summed E-state index contributed by atoms with van der Waals surface area (Å²) in [6.45, 7) is 12.8. The van der Waals surface area contributed by atoms with Crippen LogP contribution in [-0.4, -0.2) is 35.9 Å². The largest absolute Gasteiger partial charge is 0.449 e. The maximum atomic E-state index is 5.87. The van der Waals surface area contributed by atoms with Crippen LogP contribution in [0.5, 0.6) is 11.5 Å². The minimum atomic E-state index is -0.555. The molecular weight excluding hydrogens is 264 g/mol. The Kier molecular flexibility index (Phi) is 3.62. The summed E-state index contributed by atoms with van der Waals surface area (Å²) in [5.74, 6) is 1.15. The lowest BCUT2D eigenvalue weighted by Gasteiger charge is -2.41. The van der Waals surface area contributed by atoms with Crippen LogP contribution >= 0.6 is 0 Å². The number of benzene rings is 1. The number of ether oxygens (including phenoxy) is 2. The van der Waals surface area contributed by atoms with Gasteiger partial charge in [0.25, 0.3) is 0 Å². The molecule has 4 nitrogen and oxygen atoms in total. The van der Waals surface area contributed by atoms with Gasteiger partial charge in [-0.2, -0.15) is 0 Å². The molecule has 0 amide bonds. The lowest BCUT2D eigenvalue weighted by Crippen LogP contribution is -2.54. The summed E-state index contributed by atoms with van der Waals surface area (Å²) in [5.41, 5.74) is 1.29. The topological polar surface area (TPSA) is 33.7 Å². The number of hydrogen-bond acceptors (Lipinski definition) is 4. The molecule has 2 aliphatic rings. The molecule has 0 bridgehead atoms. The highest BCUT2D eigenvalue weighted by Gasteiger charge is 2.33. The van der Waals surface area contributed by atoms with Crippen molar-refractivity contribution in [1.82, 2.24) is 10.2 Å². The highest BCUT2D eigenvalue weighted by atomic mass is 16.7. The van der Waals surface area contributed by atoms with Crippen molar-refractivity contribution in [3.8, 4) is 11.5 Å². The number of nitrogens with one attached hydrogen (secondary N) is 1. The van der Waals surface area contributed by atoms with E-state index in [4.69, 9.17) is 9.47 Å². The SMILES string of the molecule is CC(c1ccc2c(c1)OC(C)(C)O2)N1C[C@H](C)NC[C@H]1C. The van der Waals surface area contributed by atoms with Crippen molar-refractivity contribution in [2.75, 3.05) is 13.1 Å². The van der Waals surface area contributed by atoms with E-state index in [0.717, 1.165) is 24.6 Å². The van der Waals surface area contributed by atoms with Crippen LogP contribution in [0.2, 0.25) is 0 Å². The average molecular weight is 290 g/mol. The van der Waals surface area contributed by atoms with Crippen LogP contribution in [0.3, 0.4) is 0 Å². The van der Waals surface area contributed by atoms with Crippen molar-refractivity contribution in [2.45, 2.75) is 58.5 Å². The number of piperazine rings is 1. The van der Waals surface area contributed by atoms with Gasteiger partial charge < -0.3 is 14.8 Å². The van der Waals surface area contributed by atoms with Crippen molar-refractivity contribution in [2.24, 2.45) is 0 Å². The molecule has 0 radical (unpaired) electrons. The zero-order valence-electron chi connectivity index (χ0n) is 13.6. The fraction of sp³-hybridized carbons (Fsp3) is 0.647. The first-order chi connectivity index (χ1) is 9.85. The van der Waals surface area contributed by atoms with E-state index in [2.05, 4.69) is 43.1 Å². The Labute approximate surface area is 127 Å². The van der Waals surface area contributed by atoms with Crippen molar-refractivity contribution in [1.29, 1.82) is 0 Å². The summed E-state index contributed by atoms with van der Waals surface area (Å²) in [6.07, 6.45) is 0. The van der Waals surface area contributed by atoms with Gasteiger partial charge in [-0.1, -0.05) is 6.07 Å². The fourth-order valence-corrected chi connectivity index (χ4v) is 3.28. The van der Waals surface area contributed by atoms with Gasteiger partial charge in [0.15, 0.2) is 11.5 Å². The zero-order valence-corrected chi connectivity index (χ0v) is 13.6. The summed E-state index contributed by atoms with van der Waals surface area (Å²) in [4.78, 5) is 2.56. The zero-order chi connectivity index (χ0) is 15.2. The maximum Gasteiger partial charge on any atom is 0.246 e. The van der Waals surface area contributed by atoms with Gasteiger partial charge in [-0.25, -0.2) is 0 Å². The van der Waals surface area contributed by atoms with Gasteiger partial charge in [0, 0.05) is 45.1 Å². The third kappa shape index (κ3) is 2.87. The first-order valence-electron chi connectivity index (χ1n) is 7.87. The van der Waals surface area contributed by atoms with E-state index in [-0.39, 0.29) is 0 Å². The Hall–Kier alpha value is -1.26. The predicted octanol–water partition coefficient (Wildman–Crippen LogP) is 2.94. The molecule has 1 fully saturated rings. The third-order valence-corrected chi connectivity index (χ3v) is 4.47. The summed E-state index contributed by atoms with van der Waals surface area (Å²) >= 11 is 0. The number of hydrogen-bond donors (Lipinski definition) is 1. The number of rotatable bonds is 2. The van der Waals surface area contributed by atoms with Gasteiger partial charge in [-0.05, 0) is 38.5 Å². The van der Waals surface area contributed by atoms with E-state index < -0.39 is 5.79 Å². The molecule has 2 aliphatic heterocycles. The Balaban J connectivity index is 1.81. The fourth-order valence-electron chi connectivity index (χ4n) is 3.28. The van der Waals surface area contributed by atoms with Gasteiger partial charge in [0.2, 0.25) is 5.79 Å². The minimum absolute atomic E-state index is 0.377. The predicted molar refractivity (Wildman–Crippen MR) is 83.8 cm³/mol. The highest BCUT2D eigenvalue weighted by molar-refractivity contribution is 5.46.